The summed E-state index contributed by atoms with van der Waals surface area (Å²) in [6.45, 7) is 1.33. The van der Waals surface area contributed by atoms with Crippen LogP contribution in [0.15, 0.2) is 5.16 Å². The molecule has 112 valence electrons. The van der Waals surface area contributed by atoms with Gasteiger partial charge in [0.15, 0.2) is 10.9 Å². The Morgan fingerprint density at radius 2 is 1.90 bits per heavy atom. The third-order valence-electron chi connectivity index (χ3n) is 3.84. The lowest BCUT2D eigenvalue weighted by atomic mass is 9.94. The van der Waals surface area contributed by atoms with Gasteiger partial charge in [0, 0.05) is 25.1 Å². The van der Waals surface area contributed by atoms with Crippen molar-refractivity contribution in [3.63, 3.8) is 0 Å². The molecule has 1 aromatic heterocycles. The van der Waals surface area contributed by atoms with Crippen LogP contribution in [0.1, 0.15) is 37.9 Å². The monoisotopic (exact) mass is 305 g/mol. The molecule has 0 bridgehead atoms. The molecule has 20 heavy (non-hydrogen) atoms. The van der Waals surface area contributed by atoms with Gasteiger partial charge in [0.25, 0.3) is 6.43 Å². The van der Waals surface area contributed by atoms with E-state index in [0.29, 0.717) is 23.6 Å². The second-order valence-corrected chi connectivity index (χ2v) is 6.39. The average molecular weight is 305 g/mol. The SMILES string of the molecule is Cn1c(SC2CCC3(CC2)OCCO3)nnc1C(F)F. The number of aromatic nitrogens is 3. The van der Waals surface area contributed by atoms with E-state index in [4.69, 9.17) is 9.47 Å². The standard InChI is InChI=1S/C12H17F2N3O2S/c1-17-10(9(13)14)15-16-11(17)20-8-2-4-12(5-3-8)18-6-7-19-12/h8-9H,2-7H2,1H3. The maximum atomic E-state index is 12.7. The number of ether oxygens (including phenoxy) is 2. The van der Waals surface area contributed by atoms with Crippen molar-refractivity contribution in [3.8, 4) is 0 Å². The second kappa shape index (κ2) is 5.57. The molecular formula is C12H17F2N3O2S. The Balaban J connectivity index is 1.59. The molecule has 1 aromatic rings. The zero-order valence-electron chi connectivity index (χ0n) is 11.2. The fraction of sp³-hybridized carbons (Fsp3) is 0.833. The third-order valence-corrected chi connectivity index (χ3v) is 5.21. The van der Waals surface area contributed by atoms with Crippen molar-refractivity contribution >= 4 is 11.8 Å². The zero-order valence-corrected chi connectivity index (χ0v) is 12.0. The Kier molecular flexibility index (Phi) is 3.96. The lowest BCUT2D eigenvalue weighted by Crippen LogP contribution is -2.36. The predicted molar refractivity (Wildman–Crippen MR) is 68.7 cm³/mol. The summed E-state index contributed by atoms with van der Waals surface area (Å²) in [6, 6.07) is 0. The summed E-state index contributed by atoms with van der Waals surface area (Å²) >= 11 is 1.52. The molecule has 0 radical (unpaired) electrons. The van der Waals surface area contributed by atoms with Gasteiger partial charge in [-0.15, -0.1) is 10.2 Å². The highest BCUT2D eigenvalue weighted by molar-refractivity contribution is 7.99. The summed E-state index contributed by atoms with van der Waals surface area (Å²) < 4.78 is 38.0. The summed E-state index contributed by atoms with van der Waals surface area (Å²) in [4.78, 5) is 0. The second-order valence-electron chi connectivity index (χ2n) is 5.13. The third kappa shape index (κ3) is 2.68. The Hall–Kier alpha value is -0.730. The highest BCUT2D eigenvalue weighted by atomic mass is 32.2. The van der Waals surface area contributed by atoms with E-state index in [1.165, 1.54) is 16.3 Å². The maximum Gasteiger partial charge on any atom is 0.297 e. The molecule has 1 saturated heterocycles. The first-order valence-corrected chi connectivity index (χ1v) is 7.60. The molecular weight excluding hydrogens is 288 g/mol. The first-order valence-electron chi connectivity index (χ1n) is 6.72. The van der Waals surface area contributed by atoms with Crippen molar-refractivity contribution in [2.75, 3.05) is 13.2 Å². The largest absolute Gasteiger partial charge is 0.348 e. The van der Waals surface area contributed by atoms with Crippen LogP contribution < -0.4 is 0 Å². The van der Waals surface area contributed by atoms with Crippen LogP contribution in [0.2, 0.25) is 0 Å². The number of alkyl halides is 2. The molecule has 1 spiro atoms. The molecule has 2 heterocycles. The topological polar surface area (TPSA) is 49.2 Å². The Morgan fingerprint density at radius 1 is 1.25 bits per heavy atom. The fourth-order valence-electron chi connectivity index (χ4n) is 2.70. The number of thioether (sulfide) groups is 1. The normalized spacial score (nSPS) is 23.0. The van der Waals surface area contributed by atoms with E-state index >= 15 is 0 Å². The first kappa shape index (κ1) is 14.2. The minimum atomic E-state index is -2.59. The Labute approximate surface area is 120 Å². The predicted octanol–water partition coefficient (Wildman–Crippen LogP) is 2.53. The Bertz CT molecular complexity index is 467. The van der Waals surface area contributed by atoms with Gasteiger partial charge < -0.3 is 14.0 Å². The minimum absolute atomic E-state index is 0.276. The van der Waals surface area contributed by atoms with Crippen LogP contribution in [0.4, 0.5) is 8.78 Å². The van der Waals surface area contributed by atoms with E-state index in [1.807, 2.05) is 0 Å². The summed E-state index contributed by atoms with van der Waals surface area (Å²) in [6.07, 6.45) is 0.981. The van der Waals surface area contributed by atoms with Gasteiger partial charge in [0.1, 0.15) is 0 Å². The van der Waals surface area contributed by atoms with Crippen molar-refractivity contribution in [1.82, 2.24) is 14.8 Å². The van der Waals surface area contributed by atoms with Crippen LogP contribution in [0.5, 0.6) is 0 Å². The van der Waals surface area contributed by atoms with Gasteiger partial charge in [0.05, 0.1) is 13.2 Å². The molecule has 1 saturated carbocycles. The van der Waals surface area contributed by atoms with Gasteiger partial charge >= 0.3 is 0 Å². The number of rotatable bonds is 3. The summed E-state index contributed by atoms with van der Waals surface area (Å²) in [7, 11) is 1.58. The molecule has 2 fully saturated rings. The highest BCUT2D eigenvalue weighted by Crippen LogP contribution is 2.41. The van der Waals surface area contributed by atoms with Crippen LogP contribution in [0.3, 0.4) is 0 Å². The minimum Gasteiger partial charge on any atom is -0.348 e. The van der Waals surface area contributed by atoms with E-state index in [-0.39, 0.29) is 11.6 Å². The van der Waals surface area contributed by atoms with Crippen LogP contribution in [-0.4, -0.2) is 39.0 Å². The fourth-order valence-corrected chi connectivity index (χ4v) is 3.81. The van der Waals surface area contributed by atoms with Crippen LogP contribution in [0.25, 0.3) is 0 Å². The molecule has 0 aromatic carbocycles. The molecule has 0 unspecified atom stereocenters. The van der Waals surface area contributed by atoms with Crippen LogP contribution in [0, 0.1) is 0 Å². The Morgan fingerprint density at radius 3 is 2.45 bits per heavy atom. The van der Waals surface area contributed by atoms with Crippen molar-refractivity contribution in [2.24, 2.45) is 7.05 Å². The van der Waals surface area contributed by atoms with E-state index < -0.39 is 6.43 Å². The van der Waals surface area contributed by atoms with Crippen molar-refractivity contribution in [2.45, 2.75) is 48.3 Å². The molecule has 0 atom stereocenters. The van der Waals surface area contributed by atoms with Crippen LogP contribution in [-0.2, 0) is 16.5 Å². The summed E-state index contributed by atoms with van der Waals surface area (Å²) in [5.74, 6) is -0.660. The van der Waals surface area contributed by atoms with Gasteiger partial charge in [-0.1, -0.05) is 11.8 Å². The van der Waals surface area contributed by atoms with Gasteiger partial charge in [-0.3, -0.25) is 0 Å². The van der Waals surface area contributed by atoms with Crippen molar-refractivity contribution in [1.29, 1.82) is 0 Å². The molecule has 8 heteroatoms. The van der Waals surface area contributed by atoms with Crippen molar-refractivity contribution in [3.05, 3.63) is 5.82 Å². The first-order chi connectivity index (χ1) is 9.60. The van der Waals surface area contributed by atoms with Gasteiger partial charge in [-0.05, 0) is 12.8 Å². The van der Waals surface area contributed by atoms with Crippen molar-refractivity contribution < 1.29 is 18.3 Å². The molecule has 2 aliphatic rings. The average Bonchev–Trinajstić information content (AvgIpc) is 3.01. The lowest BCUT2D eigenvalue weighted by molar-refractivity contribution is -0.175. The molecule has 0 N–H and O–H groups in total. The number of hydrogen-bond acceptors (Lipinski definition) is 5. The van der Waals surface area contributed by atoms with Gasteiger partial charge in [-0.25, -0.2) is 8.78 Å². The van der Waals surface area contributed by atoms with E-state index in [2.05, 4.69) is 10.2 Å². The van der Waals surface area contributed by atoms with Gasteiger partial charge in [-0.2, -0.15) is 0 Å². The summed E-state index contributed by atoms with van der Waals surface area (Å²) in [5.41, 5.74) is 0. The van der Waals surface area contributed by atoms with E-state index in [1.54, 1.807) is 7.05 Å². The molecule has 1 aliphatic carbocycles. The molecule has 0 amide bonds. The molecule has 5 nitrogen and oxygen atoms in total. The summed E-state index contributed by atoms with van der Waals surface area (Å²) in [5, 5.41) is 8.30. The van der Waals surface area contributed by atoms with E-state index in [9.17, 15) is 8.78 Å². The van der Waals surface area contributed by atoms with Crippen LogP contribution >= 0.6 is 11.8 Å². The maximum absolute atomic E-state index is 12.7. The smallest absolute Gasteiger partial charge is 0.297 e. The number of halogens is 2. The molecule has 3 rings (SSSR count). The number of nitrogens with zero attached hydrogens (tertiary/aromatic N) is 3. The molecule has 1 aliphatic heterocycles. The highest BCUT2D eigenvalue weighted by Gasteiger charge is 2.40. The van der Waals surface area contributed by atoms with Gasteiger partial charge in [0.2, 0.25) is 5.82 Å². The quantitative estimate of drug-likeness (QED) is 0.859. The zero-order chi connectivity index (χ0) is 14.2. The van der Waals surface area contributed by atoms with E-state index in [0.717, 1.165) is 25.7 Å². The number of hydrogen-bond donors (Lipinski definition) is 0. The lowest BCUT2D eigenvalue weighted by Gasteiger charge is -2.34.